The first-order valence-electron chi connectivity index (χ1n) is 6.71. The van der Waals surface area contributed by atoms with E-state index < -0.39 is 0 Å². The van der Waals surface area contributed by atoms with Gasteiger partial charge in [-0.3, -0.25) is 0 Å². The number of fused-ring (bicyclic) bond motifs is 1. The lowest BCUT2D eigenvalue weighted by atomic mass is 9.89. The number of hydrogen-bond donors (Lipinski definition) is 1. The summed E-state index contributed by atoms with van der Waals surface area (Å²) >= 11 is 1.84. The van der Waals surface area contributed by atoms with Gasteiger partial charge in [-0.25, -0.2) is 0 Å². The van der Waals surface area contributed by atoms with Gasteiger partial charge in [-0.2, -0.15) is 0 Å². The molecule has 0 amide bonds. The number of aryl methyl sites for hydroxylation is 2. The SMILES string of the molecule is CNCc1cc(-c2ccc3c(c2)CCCC3)cs1. The van der Waals surface area contributed by atoms with E-state index in [1.54, 1.807) is 11.1 Å². The molecule has 1 heterocycles. The number of rotatable bonds is 3. The van der Waals surface area contributed by atoms with Crippen LogP contribution in [0.2, 0.25) is 0 Å². The summed E-state index contributed by atoms with van der Waals surface area (Å²) in [5.41, 5.74) is 5.89. The predicted molar refractivity (Wildman–Crippen MR) is 79.2 cm³/mol. The Kier molecular flexibility index (Phi) is 3.48. The maximum absolute atomic E-state index is 3.21. The molecular weight excluding hydrogens is 238 g/mol. The zero-order valence-corrected chi connectivity index (χ0v) is 11.6. The topological polar surface area (TPSA) is 12.0 Å². The molecular formula is C16H19NS. The highest BCUT2D eigenvalue weighted by Gasteiger charge is 2.10. The molecule has 1 aliphatic carbocycles. The highest BCUT2D eigenvalue weighted by molar-refractivity contribution is 7.10. The molecule has 3 rings (SSSR count). The normalized spacial score (nSPS) is 14.5. The molecule has 0 spiro atoms. The highest BCUT2D eigenvalue weighted by atomic mass is 32.1. The monoisotopic (exact) mass is 257 g/mol. The third-order valence-electron chi connectivity index (χ3n) is 3.69. The minimum absolute atomic E-state index is 0.968. The van der Waals surface area contributed by atoms with Gasteiger partial charge in [-0.05, 0) is 66.4 Å². The Bertz CT molecular complexity index is 542. The van der Waals surface area contributed by atoms with Crippen LogP contribution in [0.15, 0.2) is 29.6 Å². The Morgan fingerprint density at radius 1 is 1.06 bits per heavy atom. The molecule has 1 aromatic carbocycles. The first-order chi connectivity index (χ1) is 8.86. The molecule has 1 nitrogen and oxygen atoms in total. The van der Waals surface area contributed by atoms with Gasteiger partial charge < -0.3 is 5.32 Å². The van der Waals surface area contributed by atoms with Crippen LogP contribution in [0, 0.1) is 0 Å². The molecule has 0 radical (unpaired) electrons. The van der Waals surface area contributed by atoms with Crippen LogP contribution in [0.4, 0.5) is 0 Å². The highest BCUT2D eigenvalue weighted by Crippen LogP contribution is 2.30. The van der Waals surface area contributed by atoms with E-state index in [1.165, 1.54) is 41.7 Å². The zero-order valence-electron chi connectivity index (χ0n) is 10.8. The van der Waals surface area contributed by atoms with Crippen LogP contribution in [0.3, 0.4) is 0 Å². The van der Waals surface area contributed by atoms with Crippen molar-refractivity contribution in [3.8, 4) is 11.1 Å². The fraction of sp³-hybridized carbons (Fsp3) is 0.375. The molecule has 1 N–H and O–H groups in total. The molecule has 1 aliphatic rings. The summed E-state index contributed by atoms with van der Waals surface area (Å²) in [6.07, 6.45) is 5.24. The lowest BCUT2D eigenvalue weighted by Gasteiger charge is -2.16. The lowest BCUT2D eigenvalue weighted by Crippen LogP contribution is -2.03. The van der Waals surface area contributed by atoms with Crippen molar-refractivity contribution < 1.29 is 0 Å². The molecule has 0 saturated heterocycles. The number of benzene rings is 1. The second-order valence-electron chi connectivity index (χ2n) is 5.02. The van der Waals surface area contributed by atoms with Crippen LogP contribution in [-0.2, 0) is 19.4 Å². The average Bonchev–Trinajstić information content (AvgIpc) is 2.87. The van der Waals surface area contributed by atoms with E-state index in [1.807, 2.05) is 18.4 Å². The van der Waals surface area contributed by atoms with Crippen molar-refractivity contribution in [3.05, 3.63) is 45.6 Å². The predicted octanol–water partition coefficient (Wildman–Crippen LogP) is 4.01. The van der Waals surface area contributed by atoms with Crippen molar-refractivity contribution >= 4 is 11.3 Å². The maximum Gasteiger partial charge on any atom is 0.0296 e. The van der Waals surface area contributed by atoms with Gasteiger partial charge in [-0.15, -0.1) is 11.3 Å². The summed E-state index contributed by atoms with van der Waals surface area (Å²) in [4.78, 5) is 1.41. The molecule has 2 aromatic rings. The van der Waals surface area contributed by atoms with Gasteiger partial charge in [0.05, 0.1) is 0 Å². The molecule has 0 saturated carbocycles. The maximum atomic E-state index is 3.21. The molecule has 0 aliphatic heterocycles. The van der Waals surface area contributed by atoms with E-state index in [0.29, 0.717) is 0 Å². The first kappa shape index (κ1) is 11.9. The fourth-order valence-corrected chi connectivity index (χ4v) is 3.62. The molecule has 2 heteroatoms. The van der Waals surface area contributed by atoms with Gasteiger partial charge in [-0.1, -0.05) is 18.2 Å². The third-order valence-corrected chi connectivity index (χ3v) is 4.62. The second kappa shape index (κ2) is 5.25. The van der Waals surface area contributed by atoms with Crippen molar-refractivity contribution in [2.24, 2.45) is 0 Å². The van der Waals surface area contributed by atoms with Gasteiger partial charge in [0.25, 0.3) is 0 Å². The third kappa shape index (κ3) is 2.36. The van der Waals surface area contributed by atoms with Gasteiger partial charge in [0.2, 0.25) is 0 Å². The van der Waals surface area contributed by atoms with E-state index in [0.717, 1.165) is 6.54 Å². The Hall–Kier alpha value is -1.12. The molecule has 0 atom stereocenters. The number of nitrogens with one attached hydrogen (secondary N) is 1. The van der Waals surface area contributed by atoms with Gasteiger partial charge in [0.1, 0.15) is 0 Å². The molecule has 1 aromatic heterocycles. The van der Waals surface area contributed by atoms with E-state index in [2.05, 4.69) is 35.0 Å². The minimum atomic E-state index is 0.968. The van der Waals surface area contributed by atoms with Crippen molar-refractivity contribution in [1.29, 1.82) is 0 Å². The van der Waals surface area contributed by atoms with Crippen LogP contribution in [0.1, 0.15) is 28.8 Å². The van der Waals surface area contributed by atoms with Crippen molar-refractivity contribution in [2.45, 2.75) is 32.2 Å². The van der Waals surface area contributed by atoms with Crippen LogP contribution >= 0.6 is 11.3 Å². The van der Waals surface area contributed by atoms with E-state index in [-0.39, 0.29) is 0 Å². The van der Waals surface area contributed by atoms with E-state index in [9.17, 15) is 0 Å². The smallest absolute Gasteiger partial charge is 0.0296 e. The molecule has 94 valence electrons. The summed E-state index contributed by atoms with van der Waals surface area (Å²) in [7, 11) is 2.00. The van der Waals surface area contributed by atoms with Crippen LogP contribution in [-0.4, -0.2) is 7.05 Å². The van der Waals surface area contributed by atoms with Gasteiger partial charge in [0.15, 0.2) is 0 Å². The number of thiophene rings is 1. The Morgan fingerprint density at radius 2 is 1.89 bits per heavy atom. The zero-order chi connectivity index (χ0) is 12.4. The molecule has 18 heavy (non-hydrogen) atoms. The fourth-order valence-electron chi connectivity index (χ4n) is 2.71. The lowest BCUT2D eigenvalue weighted by molar-refractivity contribution is 0.686. The van der Waals surface area contributed by atoms with Crippen LogP contribution < -0.4 is 5.32 Å². The van der Waals surface area contributed by atoms with Crippen LogP contribution in [0.5, 0.6) is 0 Å². The Labute approximate surface area is 113 Å². The minimum Gasteiger partial charge on any atom is -0.315 e. The van der Waals surface area contributed by atoms with E-state index in [4.69, 9.17) is 0 Å². The Morgan fingerprint density at radius 3 is 2.72 bits per heavy atom. The van der Waals surface area contributed by atoms with Gasteiger partial charge in [0, 0.05) is 11.4 Å². The first-order valence-corrected chi connectivity index (χ1v) is 7.59. The summed E-state index contributed by atoms with van der Waals surface area (Å²) in [5.74, 6) is 0. The summed E-state index contributed by atoms with van der Waals surface area (Å²) in [6.45, 7) is 0.968. The number of hydrogen-bond acceptors (Lipinski definition) is 2. The average molecular weight is 257 g/mol. The van der Waals surface area contributed by atoms with Crippen molar-refractivity contribution in [3.63, 3.8) is 0 Å². The second-order valence-corrected chi connectivity index (χ2v) is 6.02. The van der Waals surface area contributed by atoms with E-state index >= 15 is 0 Å². The summed E-state index contributed by atoms with van der Waals surface area (Å²) < 4.78 is 0. The Balaban J connectivity index is 1.91. The standard InChI is InChI=1S/C16H19NS/c1-17-10-16-9-15(11-18-16)14-7-6-12-4-2-3-5-13(12)8-14/h6-9,11,17H,2-5,10H2,1H3. The van der Waals surface area contributed by atoms with Crippen molar-refractivity contribution in [2.75, 3.05) is 7.05 Å². The molecule has 0 unspecified atom stereocenters. The molecule has 0 bridgehead atoms. The largest absolute Gasteiger partial charge is 0.315 e. The molecule has 0 fully saturated rings. The summed E-state index contributed by atoms with van der Waals surface area (Å²) in [5, 5.41) is 5.48. The van der Waals surface area contributed by atoms with Crippen molar-refractivity contribution in [1.82, 2.24) is 5.32 Å². The summed E-state index contributed by atoms with van der Waals surface area (Å²) in [6, 6.07) is 9.33. The van der Waals surface area contributed by atoms with Gasteiger partial charge >= 0.3 is 0 Å². The quantitative estimate of drug-likeness (QED) is 0.876. The van der Waals surface area contributed by atoms with Crippen LogP contribution in [0.25, 0.3) is 11.1 Å².